The highest BCUT2D eigenvalue weighted by Gasteiger charge is 2.29. The lowest BCUT2D eigenvalue weighted by molar-refractivity contribution is 0.221. The molecule has 1 unspecified atom stereocenters. The van der Waals surface area contributed by atoms with Crippen molar-refractivity contribution in [3.8, 4) is 0 Å². The molecule has 1 fully saturated rings. The van der Waals surface area contributed by atoms with E-state index in [4.69, 9.17) is 0 Å². The number of nitrogens with zero attached hydrogens (tertiary/aromatic N) is 4. The third-order valence-corrected chi connectivity index (χ3v) is 5.79. The first-order valence-electron chi connectivity index (χ1n) is 9.66. The molecule has 138 valence electrons. The number of aryl methyl sites for hydroxylation is 3. The van der Waals surface area contributed by atoms with E-state index < -0.39 is 0 Å². The molecular weight excluding hydrogens is 338 g/mol. The number of fused-ring (bicyclic) bond motifs is 2. The molecule has 2 aliphatic rings. The van der Waals surface area contributed by atoms with Crippen molar-refractivity contribution in [3.63, 3.8) is 0 Å². The molecule has 3 aromatic rings. The number of amides is 2. The largest absolute Gasteiger partial charge is 0.322 e. The minimum atomic E-state index is -0.0227. The zero-order chi connectivity index (χ0) is 18.4. The molecule has 5 rings (SSSR count). The highest BCUT2D eigenvalue weighted by Crippen LogP contribution is 2.28. The highest BCUT2D eigenvalue weighted by atomic mass is 16.2. The molecular formula is C21H23N5O. The van der Waals surface area contributed by atoms with Crippen molar-refractivity contribution in [3.05, 3.63) is 53.5 Å². The summed E-state index contributed by atoms with van der Waals surface area (Å²) in [6, 6.07) is 10.4. The summed E-state index contributed by atoms with van der Waals surface area (Å²) in [6.45, 7) is 3.43. The van der Waals surface area contributed by atoms with Crippen LogP contribution in [0.1, 0.15) is 35.8 Å². The summed E-state index contributed by atoms with van der Waals surface area (Å²) in [7, 11) is 0. The van der Waals surface area contributed by atoms with Crippen LogP contribution >= 0.6 is 0 Å². The molecule has 1 aliphatic heterocycles. The van der Waals surface area contributed by atoms with Crippen LogP contribution in [0.15, 0.2) is 36.5 Å². The molecule has 1 aromatic carbocycles. The van der Waals surface area contributed by atoms with Crippen molar-refractivity contribution >= 4 is 22.9 Å². The summed E-state index contributed by atoms with van der Waals surface area (Å²) in [5.41, 5.74) is 5.51. The third-order valence-electron chi connectivity index (χ3n) is 5.79. The van der Waals surface area contributed by atoms with Crippen LogP contribution in [0, 0.1) is 6.92 Å². The van der Waals surface area contributed by atoms with Gasteiger partial charge in [-0.2, -0.15) is 0 Å². The number of nitrogens with one attached hydrogen (secondary N) is 1. The Morgan fingerprint density at radius 3 is 3.04 bits per heavy atom. The lowest BCUT2D eigenvalue weighted by Gasteiger charge is -2.19. The molecule has 2 aromatic heterocycles. The van der Waals surface area contributed by atoms with E-state index in [9.17, 15) is 4.79 Å². The standard InChI is InChI=1S/C21H23N5O/c1-14-23-19-6-3-10-22-20(19)26(14)18-9-11-25(13-18)21(27)24-17-8-7-15-4-2-5-16(15)12-17/h3,6-8,10,12,18H,2,4-5,9,11,13H2,1H3,(H,24,27). The second kappa shape index (κ2) is 6.37. The molecule has 6 heteroatoms. The Morgan fingerprint density at radius 1 is 1.22 bits per heavy atom. The van der Waals surface area contributed by atoms with Crippen LogP contribution in [-0.2, 0) is 12.8 Å². The number of hydrogen-bond donors (Lipinski definition) is 1. The molecule has 1 saturated heterocycles. The van der Waals surface area contributed by atoms with Crippen molar-refractivity contribution in [1.82, 2.24) is 19.4 Å². The van der Waals surface area contributed by atoms with Crippen molar-refractivity contribution < 1.29 is 4.79 Å². The molecule has 1 atom stereocenters. The van der Waals surface area contributed by atoms with Crippen LogP contribution in [-0.4, -0.2) is 38.6 Å². The number of carbonyl (C=O) groups is 1. The molecule has 0 radical (unpaired) electrons. The van der Waals surface area contributed by atoms with E-state index >= 15 is 0 Å². The van der Waals surface area contributed by atoms with Crippen LogP contribution in [0.5, 0.6) is 0 Å². The number of rotatable bonds is 2. The van der Waals surface area contributed by atoms with Crippen molar-refractivity contribution in [2.24, 2.45) is 0 Å². The van der Waals surface area contributed by atoms with Gasteiger partial charge in [-0.25, -0.2) is 14.8 Å². The van der Waals surface area contributed by atoms with Crippen LogP contribution in [0.3, 0.4) is 0 Å². The molecule has 1 N–H and O–H groups in total. The topological polar surface area (TPSA) is 63.1 Å². The van der Waals surface area contributed by atoms with Gasteiger partial charge in [0.2, 0.25) is 0 Å². The van der Waals surface area contributed by atoms with Gasteiger partial charge in [-0.05, 0) is 68.0 Å². The first-order valence-corrected chi connectivity index (χ1v) is 9.66. The molecule has 27 heavy (non-hydrogen) atoms. The minimum absolute atomic E-state index is 0.0227. The summed E-state index contributed by atoms with van der Waals surface area (Å²) < 4.78 is 2.18. The van der Waals surface area contributed by atoms with E-state index in [2.05, 4.69) is 32.0 Å². The average molecular weight is 361 g/mol. The van der Waals surface area contributed by atoms with Gasteiger partial charge in [0.1, 0.15) is 11.3 Å². The number of pyridine rings is 1. The number of anilines is 1. The second-order valence-corrected chi connectivity index (χ2v) is 7.53. The normalized spacial score (nSPS) is 18.9. The second-order valence-electron chi connectivity index (χ2n) is 7.53. The van der Waals surface area contributed by atoms with Crippen molar-refractivity contribution in [2.45, 2.75) is 38.6 Å². The SMILES string of the molecule is Cc1nc2cccnc2n1C1CCN(C(=O)Nc2ccc3c(c2)CCC3)C1. The fourth-order valence-electron chi connectivity index (χ4n) is 4.47. The summed E-state index contributed by atoms with van der Waals surface area (Å²) in [5, 5.41) is 3.08. The minimum Gasteiger partial charge on any atom is -0.322 e. The predicted molar refractivity (Wildman–Crippen MR) is 105 cm³/mol. The smallest absolute Gasteiger partial charge is 0.321 e. The Bertz CT molecular complexity index is 1020. The van der Waals surface area contributed by atoms with Gasteiger partial charge in [0, 0.05) is 25.0 Å². The Labute approximate surface area is 158 Å². The summed E-state index contributed by atoms with van der Waals surface area (Å²) in [5.74, 6) is 0.953. The zero-order valence-corrected chi connectivity index (χ0v) is 15.5. The Balaban J connectivity index is 1.31. The van der Waals surface area contributed by atoms with Gasteiger partial charge < -0.3 is 14.8 Å². The number of carbonyl (C=O) groups excluding carboxylic acids is 1. The van der Waals surface area contributed by atoms with Gasteiger partial charge in [-0.1, -0.05) is 6.07 Å². The average Bonchev–Trinajstić information content (AvgIpc) is 3.38. The van der Waals surface area contributed by atoms with Crippen LogP contribution in [0.4, 0.5) is 10.5 Å². The highest BCUT2D eigenvalue weighted by molar-refractivity contribution is 5.89. The molecule has 3 heterocycles. The maximum Gasteiger partial charge on any atom is 0.321 e. The van der Waals surface area contributed by atoms with Crippen LogP contribution in [0.25, 0.3) is 11.2 Å². The molecule has 0 bridgehead atoms. The van der Waals surface area contributed by atoms with E-state index in [1.54, 1.807) is 6.20 Å². The fraction of sp³-hybridized carbons (Fsp3) is 0.381. The van der Waals surface area contributed by atoms with E-state index in [0.29, 0.717) is 6.54 Å². The van der Waals surface area contributed by atoms with Gasteiger partial charge in [-0.15, -0.1) is 0 Å². The quantitative estimate of drug-likeness (QED) is 0.757. The number of likely N-dealkylation sites (tertiary alicyclic amines) is 1. The number of aromatic nitrogens is 3. The maximum atomic E-state index is 12.8. The van der Waals surface area contributed by atoms with Gasteiger partial charge in [0.15, 0.2) is 5.65 Å². The first kappa shape index (κ1) is 16.3. The number of urea groups is 1. The zero-order valence-electron chi connectivity index (χ0n) is 15.5. The first-order chi connectivity index (χ1) is 13.2. The number of imidazole rings is 1. The van der Waals surface area contributed by atoms with Crippen molar-refractivity contribution in [1.29, 1.82) is 0 Å². The molecule has 0 saturated carbocycles. The van der Waals surface area contributed by atoms with E-state index in [1.807, 2.05) is 30.0 Å². The monoisotopic (exact) mass is 361 g/mol. The lowest BCUT2D eigenvalue weighted by Crippen LogP contribution is -2.33. The lowest BCUT2D eigenvalue weighted by atomic mass is 10.1. The van der Waals surface area contributed by atoms with Crippen LogP contribution in [0.2, 0.25) is 0 Å². The molecule has 1 aliphatic carbocycles. The summed E-state index contributed by atoms with van der Waals surface area (Å²) in [4.78, 5) is 23.8. The summed E-state index contributed by atoms with van der Waals surface area (Å²) >= 11 is 0. The van der Waals surface area contributed by atoms with E-state index in [0.717, 1.165) is 48.5 Å². The van der Waals surface area contributed by atoms with Crippen LogP contribution < -0.4 is 5.32 Å². The maximum absolute atomic E-state index is 12.8. The van der Waals surface area contributed by atoms with Gasteiger partial charge >= 0.3 is 6.03 Å². The Morgan fingerprint density at radius 2 is 2.11 bits per heavy atom. The van der Waals surface area contributed by atoms with E-state index in [1.165, 1.54) is 17.5 Å². The Kier molecular flexibility index (Phi) is 3.85. The van der Waals surface area contributed by atoms with Crippen molar-refractivity contribution in [2.75, 3.05) is 18.4 Å². The van der Waals surface area contributed by atoms with E-state index in [-0.39, 0.29) is 12.1 Å². The number of hydrogen-bond acceptors (Lipinski definition) is 3. The van der Waals surface area contributed by atoms with Gasteiger partial charge in [-0.3, -0.25) is 0 Å². The molecule has 0 spiro atoms. The van der Waals surface area contributed by atoms with Gasteiger partial charge in [0.25, 0.3) is 0 Å². The Hall–Kier alpha value is -2.89. The third kappa shape index (κ3) is 2.85. The molecule has 6 nitrogen and oxygen atoms in total. The van der Waals surface area contributed by atoms with Gasteiger partial charge in [0.05, 0.1) is 6.04 Å². The predicted octanol–water partition coefficient (Wildman–Crippen LogP) is 3.71. The number of benzene rings is 1. The summed E-state index contributed by atoms with van der Waals surface area (Å²) in [6.07, 6.45) is 6.20. The molecule has 2 amide bonds. The fourth-order valence-corrected chi connectivity index (χ4v) is 4.47.